The lowest BCUT2D eigenvalue weighted by molar-refractivity contribution is -0.118. The van der Waals surface area contributed by atoms with Crippen molar-refractivity contribution < 1.29 is 18.4 Å². The van der Waals surface area contributed by atoms with Crippen molar-refractivity contribution in [2.24, 2.45) is 5.92 Å². The van der Waals surface area contributed by atoms with Gasteiger partial charge in [0.15, 0.2) is 3.95 Å². The van der Waals surface area contributed by atoms with E-state index >= 15 is 0 Å². The van der Waals surface area contributed by atoms with Gasteiger partial charge >= 0.3 is 10.4 Å². The number of hydrogen-bond acceptors (Lipinski definition) is 7. The minimum atomic E-state index is -3.64. The van der Waals surface area contributed by atoms with E-state index in [0.717, 1.165) is 5.57 Å². The van der Waals surface area contributed by atoms with Gasteiger partial charge in [0.25, 0.3) is 0 Å². The maximum atomic E-state index is 12.5. The molecule has 2 unspecified atom stereocenters. The van der Waals surface area contributed by atoms with Gasteiger partial charge in [-0.3, -0.25) is 14.9 Å². The summed E-state index contributed by atoms with van der Waals surface area (Å²) in [5.41, 5.74) is 1.64. The van der Waals surface area contributed by atoms with Crippen molar-refractivity contribution in [3.63, 3.8) is 0 Å². The van der Waals surface area contributed by atoms with Gasteiger partial charge in [0.05, 0.1) is 5.92 Å². The first kappa shape index (κ1) is 22.6. The van der Waals surface area contributed by atoms with Gasteiger partial charge in [0.2, 0.25) is 21.8 Å². The number of amides is 2. The van der Waals surface area contributed by atoms with E-state index in [1.165, 1.54) is 32.8 Å². The highest BCUT2D eigenvalue weighted by molar-refractivity contribution is 7.95. The normalized spacial score (nSPS) is 17.7. The van der Waals surface area contributed by atoms with Gasteiger partial charge < -0.3 is 5.32 Å². The van der Waals surface area contributed by atoms with Crippen molar-refractivity contribution in [2.45, 2.75) is 18.2 Å². The Morgan fingerprint density at radius 2 is 2.00 bits per heavy atom. The Balaban J connectivity index is 1.54. The zero-order valence-corrected chi connectivity index (χ0v) is 19.1. The average Bonchev–Trinajstić information content (AvgIpc) is 3.12. The van der Waals surface area contributed by atoms with Crippen LogP contribution in [0.2, 0.25) is 0 Å². The molecule has 158 valence electrons. The molecule has 0 spiro atoms. The molecule has 0 bridgehead atoms. The van der Waals surface area contributed by atoms with Crippen LogP contribution in [0.25, 0.3) is 0 Å². The highest BCUT2D eigenvalue weighted by Crippen LogP contribution is 2.21. The van der Waals surface area contributed by atoms with Crippen LogP contribution in [0.15, 0.2) is 53.0 Å². The average molecular weight is 484 g/mol. The summed E-state index contributed by atoms with van der Waals surface area (Å²) in [6.45, 7) is 1.59. The molecule has 8 nitrogen and oxygen atoms in total. The molecule has 30 heavy (non-hydrogen) atoms. The minimum Gasteiger partial charge on any atom is -0.326 e. The minimum absolute atomic E-state index is 0.0914. The number of benzene rings is 1. The molecule has 12 heteroatoms. The zero-order chi connectivity index (χ0) is 21.7. The molecule has 0 aliphatic heterocycles. The Bertz CT molecular complexity index is 1100. The molecule has 0 fully saturated rings. The maximum Gasteiger partial charge on any atom is 0.323 e. The summed E-state index contributed by atoms with van der Waals surface area (Å²) in [5.74, 6) is -0.902. The first-order chi connectivity index (χ1) is 14.2. The van der Waals surface area contributed by atoms with E-state index in [-0.39, 0.29) is 23.3 Å². The van der Waals surface area contributed by atoms with Crippen molar-refractivity contribution in [2.75, 3.05) is 17.2 Å². The van der Waals surface area contributed by atoms with Crippen LogP contribution in [0.5, 0.6) is 0 Å². The summed E-state index contributed by atoms with van der Waals surface area (Å²) in [4.78, 5) is 28.3. The molecule has 4 N–H and O–H groups in total. The first-order valence-corrected chi connectivity index (χ1v) is 12.8. The quantitative estimate of drug-likeness (QED) is 0.270. The molecule has 3 rings (SSSR count). The highest BCUT2D eigenvalue weighted by atomic mass is 32.9. The van der Waals surface area contributed by atoms with Crippen LogP contribution in [-0.4, -0.2) is 27.9 Å². The summed E-state index contributed by atoms with van der Waals surface area (Å²) < 4.78 is 25.5. The number of hydrogen-bond donors (Lipinski definition) is 4. The van der Waals surface area contributed by atoms with E-state index in [0.29, 0.717) is 21.2 Å². The first-order valence-electron chi connectivity index (χ1n) is 8.77. The van der Waals surface area contributed by atoms with Crippen LogP contribution >= 0.6 is 32.9 Å². The van der Waals surface area contributed by atoms with Crippen molar-refractivity contribution >= 4 is 65.9 Å². The fraction of sp³-hybridized carbons (Fsp3) is 0.222. The van der Waals surface area contributed by atoms with Crippen LogP contribution in [0.1, 0.15) is 13.3 Å². The summed E-state index contributed by atoms with van der Waals surface area (Å²) in [6.07, 6.45) is 6.40. The number of rotatable bonds is 7. The second kappa shape index (κ2) is 9.81. The molecule has 0 saturated heterocycles. The van der Waals surface area contributed by atoms with E-state index < -0.39 is 16.3 Å². The van der Waals surface area contributed by atoms with Crippen LogP contribution in [0, 0.1) is 9.87 Å². The standard InChI is InChI=1S/C18H18N4O4S4/c1-11-2-4-12(5-3-11)16(24)20-13-6-8-14(9-7-13)30(25,26)19-10-15(23)21-17-22-18(27)29-28-17/h2-4,6-9,12H,5,10H2,1H3,(H3-,19,20,21,22,23,24,25,26,27)/p+1. The molecule has 2 aromatic rings. The van der Waals surface area contributed by atoms with E-state index in [9.17, 15) is 18.4 Å². The van der Waals surface area contributed by atoms with E-state index in [2.05, 4.69) is 20.3 Å². The van der Waals surface area contributed by atoms with Crippen molar-refractivity contribution in [3.8, 4) is 0 Å². The third-order valence-electron chi connectivity index (χ3n) is 4.12. The number of carbonyl (C=O) groups excluding carboxylic acids is 2. The number of anilines is 2. The molecule has 1 aliphatic carbocycles. The summed E-state index contributed by atoms with van der Waals surface area (Å²) in [6, 6.07) is 5.94. The third kappa shape index (κ3) is 6.20. The van der Waals surface area contributed by atoms with Gasteiger partial charge in [-0.05, 0) is 62.6 Å². The molecule has 2 amide bonds. The number of nitrogens with zero attached hydrogens (tertiary/aromatic N) is 1. The summed E-state index contributed by atoms with van der Waals surface area (Å²) in [7, 11) is -1.18. The lowest BCUT2D eigenvalue weighted by atomic mass is 9.96. The Kier molecular flexibility index (Phi) is 7.39. The number of carbonyl (C=O) groups is 2. The SMILES string of the molecule is CC1=CCC(C(=O)Nc2ccc([S+](=O)(O)NCC(=O)Nc3nc(=S)ss3)cc2)C=C1. The van der Waals surface area contributed by atoms with Crippen LogP contribution in [0.3, 0.4) is 0 Å². The van der Waals surface area contributed by atoms with Crippen LogP contribution in [-0.2, 0) is 24.2 Å². The Hall–Kier alpha value is -2.09. The molecule has 0 radical (unpaired) electrons. The molecule has 2 atom stereocenters. The molecule has 1 aliphatic rings. The molecule has 1 aromatic heterocycles. The van der Waals surface area contributed by atoms with Gasteiger partial charge in [-0.15, -0.1) is 0 Å². The molecule has 0 saturated carbocycles. The smallest absolute Gasteiger partial charge is 0.323 e. The molecule has 1 aromatic carbocycles. The molecular formula is C18H19N4O4S4+. The molecular weight excluding hydrogens is 464 g/mol. The van der Waals surface area contributed by atoms with Crippen molar-refractivity contribution in [1.29, 1.82) is 0 Å². The monoisotopic (exact) mass is 483 g/mol. The van der Waals surface area contributed by atoms with E-state index in [4.69, 9.17) is 12.2 Å². The van der Waals surface area contributed by atoms with Gasteiger partial charge in [-0.25, -0.2) is 0 Å². The number of nitrogens with one attached hydrogen (secondary N) is 3. The Morgan fingerprint density at radius 3 is 2.60 bits per heavy atom. The van der Waals surface area contributed by atoms with Gasteiger partial charge in [0, 0.05) is 17.8 Å². The third-order valence-corrected chi connectivity index (χ3v) is 8.09. The topological polar surface area (TPSA) is 120 Å². The number of allylic oxidation sites excluding steroid dienone is 3. The second-order valence-corrected chi connectivity index (χ2v) is 11.0. The fourth-order valence-electron chi connectivity index (χ4n) is 2.53. The van der Waals surface area contributed by atoms with Crippen molar-refractivity contribution in [1.82, 2.24) is 9.71 Å². The zero-order valence-electron chi connectivity index (χ0n) is 15.8. The molecule has 1 heterocycles. The van der Waals surface area contributed by atoms with E-state index in [1.807, 2.05) is 25.2 Å². The highest BCUT2D eigenvalue weighted by Gasteiger charge is 2.30. The van der Waals surface area contributed by atoms with Crippen LogP contribution < -0.4 is 15.4 Å². The largest absolute Gasteiger partial charge is 0.326 e. The van der Waals surface area contributed by atoms with E-state index in [1.54, 1.807) is 12.1 Å². The number of aromatic nitrogens is 1. The fourth-order valence-corrected chi connectivity index (χ4v) is 5.41. The Morgan fingerprint density at radius 1 is 1.27 bits per heavy atom. The van der Waals surface area contributed by atoms with Gasteiger partial charge in [-0.2, -0.15) is 9.54 Å². The predicted octanol–water partition coefficient (Wildman–Crippen LogP) is 3.87. The van der Waals surface area contributed by atoms with Gasteiger partial charge in [-0.1, -0.05) is 28.5 Å². The second-order valence-electron chi connectivity index (χ2n) is 6.41. The lowest BCUT2D eigenvalue weighted by Gasteiger charge is -2.15. The van der Waals surface area contributed by atoms with Crippen LogP contribution in [0.4, 0.5) is 10.8 Å². The van der Waals surface area contributed by atoms with Gasteiger partial charge in [0.1, 0.15) is 6.54 Å². The maximum absolute atomic E-state index is 12.5. The summed E-state index contributed by atoms with van der Waals surface area (Å²) >= 11 is 4.88. The Labute approximate surface area is 186 Å². The summed E-state index contributed by atoms with van der Waals surface area (Å²) in [5, 5.41) is 5.65. The predicted molar refractivity (Wildman–Crippen MR) is 122 cm³/mol. The van der Waals surface area contributed by atoms with Crippen molar-refractivity contribution in [3.05, 3.63) is 52.0 Å². The lowest BCUT2D eigenvalue weighted by Crippen LogP contribution is -2.36.